The van der Waals surface area contributed by atoms with Gasteiger partial charge in [0.05, 0.1) is 5.39 Å². The zero-order valence-corrected chi connectivity index (χ0v) is 21.1. The van der Waals surface area contributed by atoms with E-state index in [0.29, 0.717) is 26.2 Å². The lowest BCUT2D eigenvalue weighted by molar-refractivity contribution is 0.0746. The SMILES string of the molecule is Cc1ccc(-n2cc(-c3ccccc3)c3c(N4CCN(C(=O)c5cccc(C)c5)CC4)ncnc32)cc1. The van der Waals surface area contributed by atoms with Crippen LogP contribution in [0.3, 0.4) is 0 Å². The van der Waals surface area contributed by atoms with Crippen molar-refractivity contribution in [3.05, 3.63) is 108 Å². The number of aromatic nitrogens is 3. The first-order valence-corrected chi connectivity index (χ1v) is 12.7. The normalized spacial score (nSPS) is 13.8. The number of aryl methyl sites for hydroxylation is 2. The Balaban J connectivity index is 1.37. The third-order valence-electron chi connectivity index (χ3n) is 7.09. The number of fused-ring (bicyclic) bond motifs is 1. The maximum atomic E-state index is 13.1. The third kappa shape index (κ3) is 4.35. The molecule has 5 aromatic rings. The zero-order valence-electron chi connectivity index (χ0n) is 21.1. The van der Waals surface area contributed by atoms with Gasteiger partial charge in [-0.1, -0.05) is 65.7 Å². The minimum atomic E-state index is 0.0895. The Labute approximate surface area is 216 Å². The van der Waals surface area contributed by atoms with E-state index in [4.69, 9.17) is 9.97 Å². The molecule has 6 heteroatoms. The summed E-state index contributed by atoms with van der Waals surface area (Å²) in [6.45, 7) is 6.84. The van der Waals surface area contributed by atoms with Crippen molar-refractivity contribution in [3.8, 4) is 16.8 Å². The van der Waals surface area contributed by atoms with Crippen LogP contribution in [-0.2, 0) is 0 Å². The van der Waals surface area contributed by atoms with Gasteiger partial charge in [-0.3, -0.25) is 4.79 Å². The van der Waals surface area contributed by atoms with Crippen molar-refractivity contribution < 1.29 is 4.79 Å². The Bertz CT molecular complexity index is 1570. The summed E-state index contributed by atoms with van der Waals surface area (Å²) in [7, 11) is 0. The van der Waals surface area contributed by atoms with E-state index in [0.717, 1.165) is 44.8 Å². The summed E-state index contributed by atoms with van der Waals surface area (Å²) in [6, 6.07) is 26.7. The van der Waals surface area contributed by atoms with Gasteiger partial charge >= 0.3 is 0 Å². The molecule has 0 atom stereocenters. The Morgan fingerprint density at radius 2 is 1.54 bits per heavy atom. The first-order valence-electron chi connectivity index (χ1n) is 12.7. The van der Waals surface area contributed by atoms with Gasteiger partial charge in [0.15, 0.2) is 5.65 Å². The van der Waals surface area contributed by atoms with E-state index < -0.39 is 0 Å². The standard InChI is InChI=1S/C31H29N5O/c1-22-11-13-26(14-12-22)36-20-27(24-8-4-3-5-9-24)28-29(32-21-33-30(28)36)34-15-17-35(18-16-34)31(37)25-10-6-7-23(2)19-25/h3-14,19-21H,15-18H2,1-2H3. The van der Waals surface area contributed by atoms with Crippen molar-refractivity contribution >= 4 is 22.8 Å². The van der Waals surface area contributed by atoms with Gasteiger partial charge < -0.3 is 14.4 Å². The number of nitrogens with zero attached hydrogens (tertiary/aromatic N) is 5. The lowest BCUT2D eigenvalue weighted by Crippen LogP contribution is -2.49. The van der Waals surface area contributed by atoms with Crippen LogP contribution in [0.2, 0.25) is 0 Å². The summed E-state index contributed by atoms with van der Waals surface area (Å²) in [5.41, 5.74) is 7.24. The molecule has 3 heterocycles. The topological polar surface area (TPSA) is 54.3 Å². The minimum absolute atomic E-state index is 0.0895. The van der Waals surface area contributed by atoms with Gasteiger partial charge in [0.25, 0.3) is 5.91 Å². The third-order valence-corrected chi connectivity index (χ3v) is 7.09. The molecule has 184 valence electrons. The molecule has 0 aliphatic carbocycles. The summed E-state index contributed by atoms with van der Waals surface area (Å²) in [4.78, 5) is 26.8. The largest absolute Gasteiger partial charge is 0.352 e. The Kier molecular flexibility index (Phi) is 5.93. The second-order valence-electron chi connectivity index (χ2n) is 9.66. The van der Waals surface area contributed by atoms with Crippen molar-refractivity contribution in [3.63, 3.8) is 0 Å². The van der Waals surface area contributed by atoms with Crippen LogP contribution in [0.25, 0.3) is 27.8 Å². The smallest absolute Gasteiger partial charge is 0.253 e. The van der Waals surface area contributed by atoms with E-state index in [9.17, 15) is 4.79 Å². The molecule has 6 rings (SSSR count). The van der Waals surface area contributed by atoms with Crippen LogP contribution in [0.5, 0.6) is 0 Å². The van der Waals surface area contributed by atoms with E-state index in [1.807, 2.05) is 42.2 Å². The molecule has 0 unspecified atom stereocenters. The van der Waals surface area contributed by atoms with Crippen LogP contribution in [0.1, 0.15) is 21.5 Å². The summed E-state index contributed by atoms with van der Waals surface area (Å²) in [5, 5.41) is 1.03. The van der Waals surface area contributed by atoms with Gasteiger partial charge in [-0.05, 0) is 43.7 Å². The number of hydrogen-bond acceptors (Lipinski definition) is 4. The van der Waals surface area contributed by atoms with E-state index >= 15 is 0 Å². The second-order valence-corrected chi connectivity index (χ2v) is 9.66. The summed E-state index contributed by atoms with van der Waals surface area (Å²) < 4.78 is 2.15. The van der Waals surface area contributed by atoms with Gasteiger partial charge in [0.1, 0.15) is 12.1 Å². The highest BCUT2D eigenvalue weighted by Gasteiger charge is 2.26. The Morgan fingerprint density at radius 1 is 0.784 bits per heavy atom. The molecule has 1 aliphatic rings. The molecule has 37 heavy (non-hydrogen) atoms. The molecule has 2 aromatic heterocycles. The molecule has 0 saturated carbocycles. The van der Waals surface area contributed by atoms with Crippen molar-refractivity contribution in [1.29, 1.82) is 0 Å². The Hall–Kier alpha value is -4.45. The number of anilines is 1. The van der Waals surface area contributed by atoms with Crippen molar-refractivity contribution in [2.45, 2.75) is 13.8 Å². The van der Waals surface area contributed by atoms with Crippen LogP contribution >= 0.6 is 0 Å². The fourth-order valence-corrected chi connectivity index (χ4v) is 5.11. The van der Waals surface area contributed by atoms with Crippen molar-refractivity contribution in [2.24, 2.45) is 0 Å². The molecule has 0 radical (unpaired) electrons. The molecule has 1 aliphatic heterocycles. The van der Waals surface area contributed by atoms with Crippen LogP contribution in [0.15, 0.2) is 91.4 Å². The highest BCUT2D eigenvalue weighted by Crippen LogP contribution is 2.37. The van der Waals surface area contributed by atoms with Gasteiger partial charge in [-0.2, -0.15) is 0 Å². The quantitative estimate of drug-likeness (QED) is 0.328. The van der Waals surface area contributed by atoms with Crippen molar-refractivity contribution in [2.75, 3.05) is 31.1 Å². The molecule has 1 fully saturated rings. The van der Waals surface area contributed by atoms with Gasteiger partial charge in [0, 0.05) is 49.2 Å². The summed E-state index contributed by atoms with van der Waals surface area (Å²) in [6.07, 6.45) is 3.82. The fraction of sp³-hybridized carbons (Fsp3) is 0.194. The summed E-state index contributed by atoms with van der Waals surface area (Å²) >= 11 is 0. The number of carbonyl (C=O) groups excluding carboxylic acids is 1. The lowest BCUT2D eigenvalue weighted by Gasteiger charge is -2.35. The highest BCUT2D eigenvalue weighted by atomic mass is 16.2. The van der Waals surface area contributed by atoms with Gasteiger partial charge in [-0.15, -0.1) is 0 Å². The molecular formula is C31H29N5O. The van der Waals surface area contributed by atoms with E-state index in [1.165, 1.54) is 5.56 Å². The first kappa shape index (κ1) is 23.0. The number of amides is 1. The lowest BCUT2D eigenvalue weighted by atomic mass is 10.1. The number of carbonyl (C=O) groups is 1. The maximum Gasteiger partial charge on any atom is 0.253 e. The van der Waals surface area contributed by atoms with E-state index in [2.05, 4.69) is 71.1 Å². The van der Waals surface area contributed by atoms with E-state index in [1.54, 1.807) is 6.33 Å². The predicted molar refractivity (Wildman–Crippen MR) is 148 cm³/mol. The van der Waals surface area contributed by atoms with E-state index in [-0.39, 0.29) is 5.91 Å². The average molecular weight is 488 g/mol. The number of piperazine rings is 1. The van der Waals surface area contributed by atoms with Crippen LogP contribution in [0.4, 0.5) is 5.82 Å². The first-order chi connectivity index (χ1) is 18.1. The number of rotatable bonds is 4. The Morgan fingerprint density at radius 3 is 2.27 bits per heavy atom. The van der Waals surface area contributed by atoms with Crippen LogP contribution < -0.4 is 4.90 Å². The van der Waals surface area contributed by atoms with Crippen LogP contribution in [0, 0.1) is 13.8 Å². The molecule has 3 aromatic carbocycles. The predicted octanol–water partition coefficient (Wildman–Crippen LogP) is 5.67. The molecule has 6 nitrogen and oxygen atoms in total. The van der Waals surface area contributed by atoms with Gasteiger partial charge in [0.2, 0.25) is 0 Å². The molecule has 0 bridgehead atoms. The molecule has 0 N–H and O–H groups in total. The zero-order chi connectivity index (χ0) is 25.4. The number of hydrogen-bond donors (Lipinski definition) is 0. The summed E-state index contributed by atoms with van der Waals surface area (Å²) in [5.74, 6) is 1.00. The molecular weight excluding hydrogens is 458 g/mol. The number of benzene rings is 3. The highest BCUT2D eigenvalue weighted by molar-refractivity contribution is 6.02. The minimum Gasteiger partial charge on any atom is -0.352 e. The molecule has 1 saturated heterocycles. The maximum absolute atomic E-state index is 13.1. The van der Waals surface area contributed by atoms with Gasteiger partial charge in [-0.25, -0.2) is 9.97 Å². The molecule has 0 spiro atoms. The fourth-order valence-electron chi connectivity index (χ4n) is 5.11. The second kappa shape index (κ2) is 9.54. The average Bonchev–Trinajstić information content (AvgIpc) is 3.34. The van der Waals surface area contributed by atoms with Crippen molar-refractivity contribution in [1.82, 2.24) is 19.4 Å². The van der Waals surface area contributed by atoms with Crippen LogP contribution in [-0.4, -0.2) is 51.5 Å². The monoisotopic (exact) mass is 487 g/mol. The molecule has 1 amide bonds.